The minimum absolute atomic E-state index is 0.164. The van der Waals surface area contributed by atoms with Crippen LogP contribution in [0.1, 0.15) is 125 Å². The van der Waals surface area contributed by atoms with Gasteiger partial charge in [0.2, 0.25) is 0 Å². The molecule has 0 aliphatic heterocycles. The molecule has 0 radical (unpaired) electrons. The Kier molecular flexibility index (Phi) is 6.92. The van der Waals surface area contributed by atoms with E-state index >= 15 is 0 Å². The average molecular weight is 447 g/mol. The zero-order valence-corrected chi connectivity index (χ0v) is 22.5. The highest BCUT2D eigenvalue weighted by molar-refractivity contribution is 5.11. The van der Waals surface area contributed by atoms with Crippen LogP contribution in [-0.2, 0) is 4.74 Å². The van der Waals surface area contributed by atoms with Gasteiger partial charge < -0.3 is 9.84 Å². The van der Waals surface area contributed by atoms with Gasteiger partial charge in [0, 0.05) is 7.11 Å². The molecule has 0 aromatic carbocycles. The van der Waals surface area contributed by atoms with Crippen molar-refractivity contribution in [3.05, 3.63) is 0 Å². The van der Waals surface area contributed by atoms with Crippen molar-refractivity contribution in [2.24, 2.45) is 46.3 Å². The number of methoxy groups -OCH3 is 1. The van der Waals surface area contributed by atoms with E-state index in [4.69, 9.17) is 4.74 Å². The molecule has 4 fully saturated rings. The molecule has 4 saturated carbocycles. The summed E-state index contributed by atoms with van der Waals surface area (Å²) in [5, 5.41) is 10.1. The van der Waals surface area contributed by atoms with Crippen molar-refractivity contribution < 1.29 is 9.84 Å². The number of hydrogen-bond donors (Lipinski definition) is 1. The quantitative estimate of drug-likeness (QED) is 0.429. The first kappa shape index (κ1) is 25.0. The third-order valence-corrected chi connectivity index (χ3v) is 12.1. The number of aliphatic hydroxyl groups is 1. The van der Waals surface area contributed by atoms with Crippen molar-refractivity contribution in [2.75, 3.05) is 7.11 Å². The first-order valence-corrected chi connectivity index (χ1v) is 14.3. The van der Waals surface area contributed by atoms with Gasteiger partial charge >= 0.3 is 0 Å². The minimum atomic E-state index is -0.508. The maximum absolute atomic E-state index is 10.1. The summed E-state index contributed by atoms with van der Waals surface area (Å²) in [5.74, 6) is 5.46. The Morgan fingerprint density at radius 2 is 1.69 bits per heavy atom. The smallest absolute Gasteiger partial charge is 0.0679 e. The van der Waals surface area contributed by atoms with Gasteiger partial charge in [-0.1, -0.05) is 40.5 Å². The fourth-order valence-corrected chi connectivity index (χ4v) is 9.99. The summed E-state index contributed by atoms with van der Waals surface area (Å²) in [5.41, 5.74) is 0.772. The molecule has 0 amide bonds. The summed E-state index contributed by atoms with van der Waals surface area (Å²) in [6.45, 7) is 14.2. The fraction of sp³-hybridized carbons (Fsp3) is 1.00. The third kappa shape index (κ3) is 4.23. The highest BCUT2D eigenvalue weighted by Crippen LogP contribution is 2.69. The Bertz CT molecular complexity index is 646. The molecule has 0 bridgehead atoms. The van der Waals surface area contributed by atoms with Gasteiger partial charge in [0.15, 0.2) is 0 Å². The lowest BCUT2D eigenvalue weighted by molar-refractivity contribution is -0.161. The molecule has 2 heteroatoms. The molecule has 0 spiro atoms. The molecule has 0 aromatic heterocycles. The predicted molar refractivity (Wildman–Crippen MR) is 135 cm³/mol. The topological polar surface area (TPSA) is 29.5 Å². The van der Waals surface area contributed by atoms with Crippen molar-refractivity contribution in [2.45, 2.75) is 136 Å². The van der Waals surface area contributed by atoms with Gasteiger partial charge in [-0.2, -0.15) is 0 Å². The molecule has 1 N–H and O–H groups in total. The lowest BCUT2D eigenvalue weighted by Gasteiger charge is -2.62. The summed E-state index contributed by atoms with van der Waals surface area (Å²) in [7, 11) is 1.96. The van der Waals surface area contributed by atoms with Gasteiger partial charge in [0.1, 0.15) is 0 Å². The molecule has 0 heterocycles. The summed E-state index contributed by atoms with van der Waals surface area (Å²) in [6.07, 6.45) is 17.4. The SMILES string of the molecule is CC[C@]1(OC)CC[C@@]2(C)[C@@H](CC[C@@H]3[C@@H]2CC[C@]2(C)[C@@H]([C@H](C)CCCC(C)(C)O)CC[C@@H]32)C1. The highest BCUT2D eigenvalue weighted by Gasteiger charge is 2.61. The summed E-state index contributed by atoms with van der Waals surface area (Å²) in [4.78, 5) is 0. The van der Waals surface area contributed by atoms with Gasteiger partial charge in [0.05, 0.1) is 11.2 Å². The standard InChI is InChI=1S/C30H54O2/c1-8-30(32-7)19-18-28(5)22(20-30)11-12-23-25-14-13-24(29(25,6)17-15-26(23)28)21(2)10-9-16-27(3,4)31/h21-26,31H,8-20H2,1-7H3/t21-,22+,23+,24-,25+,26+,28+,29-,30+/m1/s1. The Morgan fingerprint density at radius 1 is 0.969 bits per heavy atom. The zero-order valence-electron chi connectivity index (χ0n) is 22.5. The maximum atomic E-state index is 10.1. The second-order valence-corrected chi connectivity index (χ2v) is 14.0. The Morgan fingerprint density at radius 3 is 2.34 bits per heavy atom. The molecule has 0 aromatic rings. The van der Waals surface area contributed by atoms with E-state index in [0.717, 1.165) is 41.9 Å². The van der Waals surface area contributed by atoms with Crippen LogP contribution >= 0.6 is 0 Å². The van der Waals surface area contributed by atoms with Crippen LogP contribution < -0.4 is 0 Å². The number of hydrogen-bond acceptors (Lipinski definition) is 2. The average Bonchev–Trinajstić information content (AvgIpc) is 3.09. The van der Waals surface area contributed by atoms with Crippen LogP contribution in [0, 0.1) is 46.3 Å². The van der Waals surface area contributed by atoms with Crippen molar-refractivity contribution in [1.82, 2.24) is 0 Å². The van der Waals surface area contributed by atoms with Crippen LogP contribution in [0.4, 0.5) is 0 Å². The van der Waals surface area contributed by atoms with E-state index in [1.54, 1.807) is 0 Å². The molecule has 32 heavy (non-hydrogen) atoms. The minimum Gasteiger partial charge on any atom is -0.390 e. The molecule has 4 aliphatic rings. The largest absolute Gasteiger partial charge is 0.390 e. The van der Waals surface area contributed by atoms with Gasteiger partial charge in [-0.05, 0) is 131 Å². The van der Waals surface area contributed by atoms with Crippen LogP contribution in [0.5, 0.6) is 0 Å². The maximum Gasteiger partial charge on any atom is 0.0679 e. The molecule has 9 atom stereocenters. The Hall–Kier alpha value is -0.0800. The van der Waals surface area contributed by atoms with Gasteiger partial charge in [-0.15, -0.1) is 0 Å². The lowest BCUT2D eigenvalue weighted by atomic mass is 9.43. The van der Waals surface area contributed by atoms with Gasteiger partial charge in [-0.25, -0.2) is 0 Å². The normalized spacial score (nSPS) is 47.4. The van der Waals surface area contributed by atoms with E-state index in [-0.39, 0.29) is 5.60 Å². The molecule has 4 aliphatic carbocycles. The summed E-state index contributed by atoms with van der Waals surface area (Å²) < 4.78 is 6.12. The van der Waals surface area contributed by atoms with Crippen LogP contribution in [0.25, 0.3) is 0 Å². The van der Waals surface area contributed by atoms with Crippen LogP contribution in [-0.4, -0.2) is 23.4 Å². The van der Waals surface area contributed by atoms with Gasteiger partial charge in [-0.3, -0.25) is 0 Å². The predicted octanol–water partition coefficient (Wildman–Crippen LogP) is 8.02. The van der Waals surface area contributed by atoms with Crippen LogP contribution in [0.15, 0.2) is 0 Å². The van der Waals surface area contributed by atoms with E-state index in [1.165, 1.54) is 77.0 Å². The van der Waals surface area contributed by atoms with Crippen molar-refractivity contribution >= 4 is 0 Å². The van der Waals surface area contributed by atoms with Crippen LogP contribution in [0.3, 0.4) is 0 Å². The first-order valence-electron chi connectivity index (χ1n) is 14.3. The van der Waals surface area contributed by atoms with E-state index in [9.17, 15) is 5.11 Å². The van der Waals surface area contributed by atoms with E-state index in [1.807, 2.05) is 21.0 Å². The first-order chi connectivity index (χ1) is 15.0. The molecule has 0 unspecified atom stereocenters. The molecule has 0 saturated heterocycles. The van der Waals surface area contributed by atoms with E-state index < -0.39 is 5.60 Å². The molecular weight excluding hydrogens is 392 g/mol. The summed E-state index contributed by atoms with van der Waals surface area (Å²) in [6, 6.07) is 0. The Balaban J connectivity index is 1.45. The molecule has 2 nitrogen and oxygen atoms in total. The fourth-order valence-electron chi connectivity index (χ4n) is 9.99. The second kappa shape index (κ2) is 8.85. The summed E-state index contributed by atoms with van der Waals surface area (Å²) >= 11 is 0. The molecule has 186 valence electrons. The Labute approximate surface area is 199 Å². The number of rotatable bonds is 7. The third-order valence-electron chi connectivity index (χ3n) is 12.1. The van der Waals surface area contributed by atoms with Crippen molar-refractivity contribution in [3.63, 3.8) is 0 Å². The lowest BCUT2D eigenvalue weighted by Crippen LogP contribution is -2.56. The molecule has 4 rings (SSSR count). The van der Waals surface area contributed by atoms with Gasteiger partial charge in [0.25, 0.3) is 0 Å². The van der Waals surface area contributed by atoms with E-state index in [0.29, 0.717) is 10.8 Å². The second-order valence-electron chi connectivity index (χ2n) is 14.0. The number of fused-ring (bicyclic) bond motifs is 5. The van der Waals surface area contributed by atoms with E-state index in [2.05, 4.69) is 27.7 Å². The number of ether oxygens (including phenoxy) is 1. The van der Waals surface area contributed by atoms with Crippen LogP contribution in [0.2, 0.25) is 0 Å². The zero-order chi connectivity index (χ0) is 23.4. The van der Waals surface area contributed by atoms with Crippen molar-refractivity contribution in [3.8, 4) is 0 Å². The highest BCUT2D eigenvalue weighted by atomic mass is 16.5. The molecular formula is C30H54O2. The van der Waals surface area contributed by atoms with Crippen molar-refractivity contribution in [1.29, 1.82) is 0 Å². The monoisotopic (exact) mass is 446 g/mol.